The number of unbranched alkanes of at least 4 members (excludes halogenated alkanes) is 1. The van der Waals surface area contributed by atoms with E-state index in [1.807, 2.05) is 4.90 Å². The van der Waals surface area contributed by atoms with Crippen molar-refractivity contribution in [2.75, 3.05) is 6.54 Å². The highest BCUT2D eigenvalue weighted by atomic mass is 16.4. The van der Waals surface area contributed by atoms with E-state index in [9.17, 15) is 9.59 Å². The zero-order chi connectivity index (χ0) is 11.3. The summed E-state index contributed by atoms with van der Waals surface area (Å²) in [6.45, 7) is 2.88. The van der Waals surface area contributed by atoms with Crippen molar-refractivity contribution in [3.63, 3.8) is 0 Å². The van der Waals surface area contributed by atoms with E-state index < -0.39 is 5.97 Å². The maximum absolute atomic E-state index is 11.5. The van der Waals surface area contributed by atoms with E-state index in [-0.39, 0.29) is 18.4 Å². The minimum absolute atomic E-state index is 0.167. The normalized spacial score (nSPS) is 21.0. The van der Waals surface area contributed by atoms with E-state index >= 15 is 0 Å². The molecule has 1 fully saturated rings. The fourth-order valence-electron chi connectivity index (χ4n) is 2.02. The summed E-state index contributed by atoms with van der Waals surface area (Å²) >= 11 is 0. The van der Waals surface area contributed by atoms with Crippen LogP contribution in [0.1, 0.15) is 45.4 Å². The summed E-state index contributed by atoms with van der Waals surface area (Å²) < 4.78 is 0. The molecule has 4 heteroatoms. The van der Waals surface area contributed by atoms with Crippen LogP contribution in [0.15, 0.2) is 0 Å². The van der Waals surface area contributed by atoms with Gasteiger partial charge >= 0.3 is 5.97 Å². The summed E-state index contributed by atoms with van der Waals surface area (Å²) in [6, 6.07) is 0.167. The van der Waals surface area contributed by atoms with Gasteiger partial charge in [-0.1, -0.05) is 13.3 Å². The van der Waals surface area contributed by atoms with Gasteiger partial charge in [-0.25, -0.2) is 0 Å². The largest absolute Gasteiger partial charge is 0.481 e. The second-order valence-electron chi connectivity index (χ2n) is 4.07. The van der Waals surface area contributed by atoms with Gasteiger partial charge in [0.15, 0.2) is 0 Å². The number of carboxylic acid groups (broad SMARTS) is 1. The lowest BCUT2D eigenvalue weighted by atomic mass is 10.1. The van der Waals surface area contributed by atoms with Gasteiger partial charge in [-0.05, 0) is 19.3 Å². The van der Waals surface area contributed by atoms with Gasteiger partial charge in [0, 0.05) is 25.4 Å². The Morgan fingerprint density at radius 1 is 1.60 bits per heavy atom. The molecule has 0 saturated carbocycles. The van der Waals surface area contributed by atoms with Gasteiger partial charge < -0.3 is 10.0 Å². The maximum Gasteiger partial charge on any atom is 0.303 e. The third-order valence-corrected chi connectivity index (χ3v) is 2.90. The molecule has 1 amide bonds. The maximum atomic E-state index is 11.5. The predicted molar refractivity (Wildman–Crippen MR) is 56.5 cm³/mol. The third kappa shape index (κ3) is 3.53. The van der Waals surface area contributed by atoms with Crippen molar-refractivity contribution in [3.05, 3.63) is 0 Å². The van der Waals surface area contributed by atoms with Crippen molar-refractivity contribution in [2.45, 2.75) is 51.5 Å². The Morgan fingerprint density at radius 3 is 2.93 bits per heavy atom. The van der Waals surface area contributed by atoms with Crippen LogP contribution in [0.2, 0.25) is 0 Å². The molecular weight excluding hydrogens is 194 g/mol. The van der Waals surface area contributed by atoms with Crippen LogP contribution in [0, 0.1) is 0 Å². The topological polar surface area (TPSA) is 57.6 Å². The van der Waals surface area contributed by atoms with Gasteiger partial charge in [0.05, 0.1) is 0 Å². The summed E-state index contributed by atoms with van der Waals surface area (Å²) in [6.07, 6.45) is 4.26. The number of hydrogen-bond donors (Lipinski definition) is 1. The highest BCUT2D eigenvalue weighted by Gasteiger charge is 2.30. The van der Waals surface area contributed by atoms with Gasteiger partial charge in [0.1, 0.15) is 0 Å². The van der Waals surface area contributed by atoms with Crippen LogP contribution in [-0.4, -0.2) is 34.5 Å². The van der Waals surface area contributed by atoms with Crippen molar-refractivity contribution in [2.24, 2.45) is 0 Å². The van der Waals surface area contributed by atoms with Crippen LogP contribution in [0.4, 0.5) is 0 Å². The number of likely N-dealkylation sites (tertiary alicyclic amines) is 1. The van der Waals surface area contributed by atoms with Crippen LogP contribution in [0.25, 0.3) is 0 Å². The predicted octanol–water partition coefficient (Wildman–Crippen LogP) is 1.64. The number of nitrogens with zero attached hydrogens (tertiary/aromatic N) is 1. The Balaban J connectivity index is 2.40. The molecular formula is C11H19NO3. The molecule has 1 atom stereocenters. The fourth-order valence-corrected chi connectivity index (χ4v) is 2.02. The first-order valence-corrected chi connectivity index (χ1v) is 5.66. The second-order valence-corrected chi connectivity index (χ2v) is 4.07. The first-order valence-electron chi connectivity index (χ1n) is 5.66. The third-order valence-electron chi connectivity index (χ3n) is 2.90. The zero-order valence-electron chi connectivity index (χ0n) is 9.24. The molecule has 1 N–H and O–H groups in total. The average molecular weight is 213 g/mol. The fraction of sp³-hybridized carbons (Fsp3) is 0.818. The van der Waals surface area contributed by atoms with Crippen molar-refractivity contribution >= 4 is 11.9 Å². The molecule has 0 unspecified atom stereocenters. The smallest absolute Gasteiger partial charge is 0.303 e. The SMILES string of the molecule is CCCCN1C(=O)CC[C@H]1CCC(=O)O. The lowest BCUT2D eigenvalue weighted by Crippen LogP contribution is -2.34. The highest BCUT2D eigenvalue weighted by molar-refractivity contribution is 5.78. The van der Waals surface area contributed by atoms with Crippen LogP contribution in [0.5, 0.6) is 0 Å². The number of hydrogen-bond acceptors (Lipinski definition) is 2. The molecule has 1 heterocycles. The molecule has 1 rings (SSSR count). The molecule has 0 aromatic rings. The molecule has 1 aliphatic heterocycles. The Kier molecular flexibility index (Phi) is 4.59. The molecule has 86 valence electrons. The van der Waals surface area contributed by atoms with E-state index in [0.29, 0.717) is 12.8 Å². The van der Waals surface area contributed by atoms with Gasteiger partial charge in [0.2, 0.25) is 5.91 Å². The van der Waals surface area contributed by atoms with Crippen molar-refractivity contribution < 1.29 is 14.7 Å². The van der Waals surface area contributed by atoms with Crippen LogP contribution < -0.4 is 0 Å². The number of rotatable bonds is 6. The standard InChI is InChI=1S/C11H19NO3/c1-2-3-8-12-9(4-6-10(12)13)5-7-11(14)15/h9H,2-8H2,1H3,(H,14,15)/t9-/m0/s1. The van der Waals surface area contributed by atoms with Crippen LogP contribution in [-0.2, 0) is 9.59 Å². The van der Waals surface area contributed by atoms with E-state index in [2.05, 4.69) is 6.92 Å². The monoisotopic (exact) mass is 213 g/mol. The Morgan fingerprint density at radius 2 is 2.33 bits per heavy atom. The van der Waals surface area contributed by atoms with E-state index in [0.717, 1.165) is 25.8 Å². The number of amides is 1. The van der Waals surface area contributed by atoms with Gasteiger partial charge in [-0.2, -0.15) is 0 Å². The molecule has 15 heavy (non-hydrogen) atoms. The molecule has 0 aromatic heterocycles. The number of aliphatic carboxylic acids is 1. The number of carbonyl (C=O) groups is 2. The number of carboxylic acids is 1. The zero-order valence-corrected chi connectivity index (χ0v) is 9.24. The average Bonchev–Trinajstić information content (AvgIpc) is 2.53. The molecule has 0 aliphatic carbocycles. The van der Waals surface area contributed by atoms with Crippen LogP contribution in [0.3, 0.4) is 0 Å². The Hall–Kier alpha value is -1.06. The van der Waals surface area contributed by atoms with E-state index in [1.54, 1.807) is 0 Å². The van der Waals surface area contributed by atoms with E-state index in [4.69, 9.17) is 5.11 Å². The van der Waals surface area contributed by atoms with Gasteiger partial charge in [0.25, 0.3) is 0 Å². The molecule has 1 saturated heterocycles. The second kappa shape index (κ2) is 5.73. The minimum atomic E-state index is -0.773. The first kappa shape index (κ1) is 12.0. The van der Waals surface area contributed by atoms with Crippen molar-refractivity contribution in [3.8, 4) is 0 Å². The van der Waals surface area contributed by atoms with E-state index in [1.165, 1.54) is 0 Å². The van der Waals surface area contributed by atoms with Crippen LogP contribution >= 0.6 is 0 Å². The van der Waals surface area contributed by atoms with Crippen molar-refractivity contribution in [1.82, 2.24) is 4.90 Å². The lowest BCUT2D eigenvalue weighted by Gasteiger charge is -2.24. The van der Waals surface area contributed by atoms with Gasteiger partial charge in [-0.3, -0.25) is 9.59 Å². The molecule has 0 radical (unpaired) electrons. The van der Waals surface area contributed by atoms with Crippen molar-refractivity contribution in [1.29, 1.82) is 0 Å². The molecule has 0 aromatic carbocycles. The summed E-state index contributed by atoms with van der Waals surface area (Å²) in [4.78, 5) is 23.8. The Bertz CT molecular complexity index is 240. The number of carbonyl (C=O) groups excluding carboxylic acids is 1. The summed E-state index contributed by atoms with van der Waals surface area (Å²) in [7, 11) is 0. The highest BCUT2D eigenvalue weighted by Crippen LogP contribution is 2.22. The summed E-state index contributed by atoms with van der Waals surface area (Å²) in [5, 5.41) is 8.60. The summed E-state index contributed by atoms with van der Waals surface area (Å²) in [5.74, 6) is -0.580. The minimum Gasteiger partial charge on any atom is -0.481 e. The lowest BCUT2D eigenvalue weighted by molar-refractivity contribution is -0.138. The molecule has 4 nitrogen and oxygen atoms in total. The first-order chi connectivity index (χ1) is 7.15. The molecule has 1 aliphatic rings. The molecule has 0 bridgehead atoms. The Labute approximate surface area is 90.3 Å². The molecule has 0 spiro atoms. The van der Waals surface area contributed by atoms with Gasteiger partial charge in [-0.15, -0.1) is 0 Å². The quantitative estimate of drug-likeness (QED) is 0.729. The summed E-state index contributed by atoms with van der Waals surface area (Å²) in [5.41, 5.74) is 0.